The molecule has 2 aromatic rings. The Morgan fingerprint density at radius 1 is 1.26 bits per heavy atom. The van der Waals surface area contributed by atoms with Crippen LogP contribution in [0.5, 0.6) is 5.75 Å². The van der Waals surface area contributed by atoms with Gasteiger partial charge in [-0.15, -0.1) is 0 Å². The minimum Gasteiger partial charge on any atom is -0.507 e. The average molecular weight is 260 g/mol. The number of halogens is 1. The van der Waals surface area contributed by atoms with Gasteiger partial charge >= 0.3 is 0 Å². The zero-order valence-corrected chi connectivity index (χ0v) is 10.6. The second-order valence-electron chi connectivity index (χ2n) is 4.29. The molecule has 2 rings (SSSR count). The SMILES string of the molecule is Cc1cc(C)nc(NC(=O)c2ccc(F)cc2O)c1. The van der Waals surface area contributed by atoms with Gasteiger partial charge in [-0.25, -0.2) is 9.37 Å². The number of pyridine rings is 1. The number of nitrogens with zero attached hydrogens (tertiary/aromatic N) is 1. The predicted molar refractivity (Wildman–Crippen MR) is 69.7 cm³/mol. The van der Waals surface area contributed by atoms with Crippen LogP contribution in [0.1, 0.15) is 21.6 Å². The number of benzene rings is 1. The number of carbonyl (C=O) groups excluding carboxylic acids is 1. The van der Waals surface area contributed by atoms with Crippen molar-refractivity contribution in [2.75, 3.05) is 5.32 Å². The number of anilines is 1. The normalized spacial score (nSPS) is 10.3. The van der Waals surface area contributed by atoms with Gasteiger partial charge in [0, 0.05) is 11.8 Å². The Balaban J connectivity index is 2.25. The molecule has 0 aliphatic carbocycles. The number of phenolic OH excluding ortho intramolecular Hbond substituents is 1. The summed E-state index contributed by atoms with van der Waals surface area (Å²) in [6, 6.07) is 6.83. The fraction of sp³-hybridized carbons (Fsp3) is 0.143. The zero-order chi connectivity index (χ0) is 14.0. The second kappa shape index (κ2) is 5.06. The molecule has 1 aromatic heterocycles. The van der Waals surface area contributed by atoms with Crippen LogP contribution in [0.25, 0.3) is 0 Å². The molecule has 5 heteroatoms. The van der Waals surface area contributed by atoms with Gasteiger partial charge in [-0.05, 0) is 43.7 Å². The van der Waals surface area contributed by atoms with E-state index in [1.54, 1.807) is 6.07 Å². The van der Waals surface area contributed by atoms with Crippen molar-refractivity contribution in [3.05, 3.63) is 53.0 Å². The second-order valence-corrected chi connectivity index (χ2v) is 4.29. The number of phenols is 1. The molecule has 19 heavy (non-hydrogen) atoms. The smallest absolute Gasteiger partial charge is 0.260 e. The van der Waals surface area contributed by atoms with Crippen molar-refractivity contribution in [2.45, 2.75) is 13.8 Å². The molecule has 98 valence electrons. The maximum atomic E-state index is 12.8. The highest BCUT2D eigenvalue weighted by molar-refractivity contribution is 6.05. The first-order valence-corrected chi connectivity index (χ1v) is 5.71. The van der Waals surface area contributed by atoms with E-state index in [0.29, 0.717) is 5.82 Å². The zero-order valence-electron chi connectivity index (χ0n) is 10.6. The van der Waals surface area contributed by atoms with Crippen LogP contribution >= 0.6 is 0 Å². The van der Waals surface area contributed by atoms with Gasteiger partial charge in [0.05, 0.1) is 5.56 Å². The van der Waals surface area contributed by atoms with Crippen LogP contribution in [-0.4, -0.2) is 16.0 Å². The molecule has 0 unspecified atom stereocenters. The maximum Gasteiger partial charge on any atom is 0.260 e. The van der Waals surface area contributed by atoms with Gasteiger partial charge in [0.1, 0.15) is 17.4 Å². The standard InChI is InChI=1S/C14H13FN2O2/c1-8-5-9(2)16-13(6-8)17-14(19)11-4-3-10(15)7-12(11)18/h3-7,18H,1-2H3,(H,16,17,19). The van der Waals surface area contributed by atoms with E-state index in [9.17, 15) is 14.3 Å². The highest BCUT2D eigenvalue weighted by Crippen LogP contribution is 2.19. The minimum atomic E-state index is -0.599. The van der Waals surface area contributed by atoms with Crippen LogP contribution in [-0.2, 0) is 0 Å². The molecule has 0 bridgehead atoms. The Labute approximate surface area is 109 Å². The molecule has 0 saturated heterocycles. The molecule has 0 aliphatic heterocycles. The van der Waals surface area contributed by atoms with E-state index in [1.807, 2.05) is 19.9 Å². The third kappa shape index (κ3) is 3.07. The molecule has 0 fully saturated rings. The van der Waals surface area contributed by atoms with Gasteiger partial charge in [0.25, 0.3) is 5.91 Å². The number of nitrogens with one attached hydrogen (secondary N) is 1. The summed E-state index contributed by atoms with van der Waals surface area (Å²) in [5.41, 5.74) is 1.74. The van der Waals surface area contributed by atoms with E-state index >= 15 is 0 Å². The Bertz CT molecular complexity index is 621. The summed E-state index contributed by atoms with van der Waals surface area (Å²) in [5, 5.41) is 12.1. The van der Waals surface area contributed by atoms with Crippen molar-refractivity contribution in [3.8, 4) is 5.75 Å². The fourth-order valence-electron chi connectivity index (χ4n) is 1.79. The molecule has 2 N–H and O–H groups in total. The van der Waals surface area contributed by atoms with Gasteiger partial charge in [-0.3, -0.25) is 4.79 Å². The van der Waals surface area contributed by atoms with E-state index in [1.165, 1.54) is 6.07 Å². The first kappa shape index (κ1) is 13.0. The molecule has 4 nitrogen and oxygen atoms in total. The average Bonchev–Trinajstić information content (AvgIpc) is 2.26. The lowest BCUT2D eigenvalue weighted by Gasteiger charge is -2.07. The number of aryl methyl sites for hydroxylation is 2. The number of rotatable bonds is 2. The number of hydrogen-bond acceptors (Lipinski definition) is 3. The number of amides is 1. The van der Waals surface area contributed by atoms with Crippen molar-refractivity contribution in [1.82, 2.24) is 4.98 Å². The first-order valence-electron chi connectivity index (χ1n) is 5.71. The van der Waals surface area contributed by atoms with Crippen LogP contribution < -0.4 is 5.32 Å². The van der Waals surface area contributed by atoms with Crippen molar-refractivity contribution >= 4 is 11.7 Å². The lowest BCUT2D eigenvalue weighted by molar-refractivity contribution is 0.102. The van der Waals surface area contributed by atoms with Crippen molar-refractivity contribution in [2.24, 2.45) is 0 Å². The van der Waals surface area contributed by atoms with Crippen LogP contribution in [0.15, 0.2) is 30.3 Å². The van der Waals surface area contributed by atoms with E-state index in [4.69, 9.17) is 0 Å². The Morgan fingerprint density at radius 3 is 2.63 bits per heavy atom. The molecular formula is C14H13FN2O2. The molecule has 1 aromatic carbocycles. The van der Waals surface area contributed by atoms with Crippen molar-refractivity contribution in [3.63, 3.8) is 0 Å². The molecule has 0 radical (unpaired) electrons. The Kier molecular flexibility index (Phi) is 3.46. The topological polar surface area (TPSA) is 62.2 Å². The van der Waals surface area contributed by atoms with Crippen LogP contribution in [0.3, 0.4) is 0 Å². The van der Waals surface area contributed by atoms with Crippen LogP contribution in [0.2, 0.25) is 0 Å². The van der Waals surface area contributed by atoms with E-state index in [2.05, 4.69) is 10.3 Å². The minimum absolute atomic E-state index is 0.00218. The Morgan fingerprint density at radius 2 is 2.00 bits per heavy atom. The molecule has 0 saturated carbocycles. The molecule has 0 spiro atoms. The van der Waals surface area contributed by atoms with Gasteiger partial charge in [-0.1, -0.05) is 0 Å². The third-order valence-corrected chi connectivity index (χ3v) is 2.54. The highest BCUT2D eigenvalue weighted by atomic mass is 19.1. The molecule has 0 aliphatic rings. The molecular weight excluding hydrogens is 247 g/mol. The predicted octanol–water partition coefficient (Wildman–Crippen LogP) is 2.80. The highest BCUT2D eigenvalue weighted by Gasteiger charge is 2.12. The fourth-order valence-corrected chi connectivity index (χ4v) is 1.79. The summed E-state index contributed by atoms with van der Waals surface area (Å²) in [5.74, 6) is -1.14. The lowest BCUT2D eigenvalue weighted by Crippen LogP contribution is -2.13. The van der Waals surface area contributed by atoms with Crippen molar-refractivity contribution < 1.29 is 14.3 Å². The summed E-state index contributed by atoms with van der Waals surface area (Å²) >= 11 is 0. The number of aromatic nitrogens is 1. The molecule has 0 atom stereocenters. The number of hydrogen-bond donors (Lipinski definition) is 2. The first-order chi connectivity index (χ1) is 8.95. The largest absolute Gasteiger partial charge is 0.507 e. The summed E-state index contributed by atoms with van der Waals surface area (Å²) in [4.78, 5) is 16.1. The summed E-state index contributed by atoms with van der Waals surface area (Å²) in [6.45, 7) is 3.71. The number of carbonyl (C=O) groups is 1. The Hall–Kier alpha value is -2.43. The third-order valence-electron chi connectivity index (χ3n) is 2.54. The molecule has 1 heterocycles. The summed E-state index contributed by atoms with van der Waals surface area (Å²) < 4.78 is 12.8. The monoisotopic (exact) mass is 260 g/mol. The van der Waals surface area contributed by atoms with Crippen molar-refractivity contribution in [1.29, 1.82) is 0 Å². The quantitative estimate of drug-likeness (QED) is 0.872. The van der Waals surface area contributed by atoms with Gasteiger partial charge in [-0.2, -0.15) is 0 Å². The van der Waals surface area contributed by atoms with E-state index in [0.717, 1.165) is 23.4 Å². The van der Waals surface area contributed by atoms with Gasteiger partial charge < -0.3 is 10.4 Å². The lowest BCUT2D eigenvalue weighted by atomic mass is 10.2. The van der Waals surface area contributed by atoms with Gasteiger partial charge in [0.2, 0.25) is 0 Å². The van der Waals surface area contributed by atoms with Gasteiger partial charge in [0.15, 0.2) is 0 Å². The maximum absolute atomic E-state index is 12.8. The molecule has 1 amide bonds. The number of aromatic hydroxyl groups is 1. The summed E-state index contributed by atoms with van der Waals surface area (Å²) in [6.07, 6.45) is 0. The van der Waals surface area contributed by atoms with Crippen LogP contribution in [0.4, 0.5) is 10.2 Å². The van der Waals surface area contributed by atoms with E-state index in [-0.39, 0.29) is 5.56 Å². The van der Waals surface area contributed by atoms with E-state index < -0.39 is 17.5 Å². The van der Waals surface area contributed by atoms with Crippen LogP contribution in [0, 0.1) is 19.7 Å². The summed E-state index contributed by atoms with van der Waals surface area (Å²) in [7, 11) is 0.